The summed E-state index contributed by atoms with van der Waals surface area (Å²) in [5.41, 5.74) is 1.67. The maximum absolute atomic E-state index is 11.2. The normalized spacial score (nSPS) is 13.9. The quantitative estimate of drug-likeness (QED) is 0.381. The Hall–Kier alpha value is -2.10. The molecule has 2 heterocycles. The average molecular weight is 216 g/mol. The molecule has 0 fully saturated rings. The predicted octanol–water partition coefficient (Wildman–Crippen LogP) is 1.56. The fraction of sp³-hybridized carbons (Fsp3) is 0.167. The monoisotopic (exact) mass is 216 g/mol. The number of carbonyl (C=O) groups is 1. The van der Waals surface area contributed by atoms with E-state index in [-0.39, 0.29) is 12.4 Å². The van der Waals surface area contributed by atoms with Crippen molar-refractivity contribution in [2.24, 2.45) is 0 Å². The Labute approximate surface area is 90.4 Å². The molecule has 1 aliphatic rings. The summed E-state index contributed by atoms with van der Waals surface area (Å²) in [4.78, 5) is 22.4. The molecule has 3 rings (SSSR count). The van der Waals surface area contributed by atoms with Crippen LogP contribution < -0.4 is 10.4 Å². The van der Waals surface area contributed by atoms with Gasteiger partial charge in [-0.2, -0.15) is 0 Å². The summed E-state index contributed by atoms with van der Waals surface area (Å²) in [6.45, 7) is 1.80. The number of aryl methyl sites for hydroxylation is 1. The second-order valence-electron chi connectivity index (χ2n) is 3.83. The zero-order valence-corrected chi connectivity index (χ0v) is 8.57. The molecule has 1 aliphatic heterocycles. The molecule has 0 bridgehead atoms. The first-order valence-corrected chi connectivity index (χ1v) is 4.92. The van der Waals surface area contributed by atoms with E-state index in [2.05, 4.69) is 0 Å². The summed E-state index contributed by atoms with van der Waals surface area (Å²) in [6, 6.07) is 4.85. The van der Waals surface area contributed by atoms with E-state index in [1.165, 1.54) is 6.07 Å². The highest BCUT2D eigenvalue weighted by atomic mass is 16.5. The Kier molecular flexibility index (Phi) is 1.68. The van der Waals surface area contributed by atoms with Crippen LogP contribution in [0, 0.1) is 6.92 Å². The molecule has 1 aromatic carbocycles. The second-order valence-corrected chi connectivity index (χ2v) is 3.83. The van der Waals surface area contributed by atoms with Gasteiger partial charge in [0.15, 0.2) is 0 Å². The first kappa shape index (κ1) is 9.15. The van der Waals surface area contributed by atoms with E-state index in [4.69, 9.17) is 9.15 Å². The van der Waals surface area contributed by atoms with Crippen molar-refractivity contribution >= 4 is 16.9 Å². The summed E-state index contributed by atoms with van der Waals surface area (Å²) in [5.74, 6) is 0.261. The Bertz CT molecular complexity index is 667. The van der Waals surface area contributed by atoms with Crippen molar-refractivity contribution in [3.63, 3.8) is 0 Å². The first-order chi connectivity index (χ1) is 7.65. The van der Waals surface area contributed by atoms with E-state index in [0.717, 1.165) is 11.1 Å². The van der Waals surface area contributed by atoms with Crippen molar-refractivity contribution in [1.29, 1.82) is 0 Å². The van der Waals surface area contributed by atoms with Crippen LogP contribution in [0.25, 0.3) is 11.0 Å². The number of hydrogen-bond acceptors (Lipinski definition) is 4. The maximum Gasteiger partial charge on any atom is 0.336 e. The zero-order valence-electron chi connectivity index (χ0n) is 8.57. The molecule has 0 spiro atoms. The van der Waals surface area contributed by atoms with E-state index in [0.29, 0.717) is 16.7 Å². The van der Waals surface area contributed by atoms with Gasteiger partial charge in [-0.25, -0.2) is 4.79 Å². The van der Waals surface area contributed by atoms with Gasteiger partial charge in [-0.1, -0.05) is 6.07 Å². The summed E-state index contributed by atoms with van der Waals surface area (Å²) < 4.78 is 10.2. The molecular formula is C12H8O4. The predicted molar refractivity (Wildman–Crippen MR) is 56.6 cm³/mol. The van der Waals surface area contributed by atoms with Gasteiger partial charge >= 0.3 is 11.6 Å². The van der Waals surface area contributed by atoms with Gasteiger partial charge < -0.3 is 9.15 Å². The SMILES string of the molecule is Cc1cc(=O)oc2ccc3c(c12)OC(=O)C3. The highest BCUT2D eigenvalue weighted by Gasteiger charge is 2.24. The van der Waals surface area contributed by atoms with Gasteiger partial charge in [0.25, 0.3) is 0 Å². The van der Waals surface area contributed by atoms with Gasteiger partial charge in [0, 0.05) is 11.6 Å². The molecule has 0 saturated carbocycles. The van der Waals surface area contributed by atoms with Crippen LogP contribution in [0.1, 0.15) is 11.1 Å². The summed E-state index contributed by atoms with van der Waals surface area (Å²) in [6.07, 6.45) is 0.282. The standard InChI is InChI=1S/C12H8O4/c1-6-4-9(13)15-8-3-2-7-5-10(14)16-12(7)11(6)8/h2-4H,5H2,1H3. The zero-order chi connectivity index (χ0) is 11.3. The van der Waals surface area contributed by atoms with Crippen LogP contribution in [0.4, 0.5) is 0 Å². The Balaban J connectivity index is 2.46. The molecule has 2 aromatic rings. The van der Waals surface area contributed by atoms with Crippen molar-refractivity contribution in [1.82, 2.24) is 0 Å². The summed E-state index contributed by atoms with van der Waals surface area (Å²) >= 11 is 0. The van der Waals surface area contributed by atoms with Crippen molar-refractivity contribution < 1.29 is 13.9 Å². The Morgan fingerprint density at radius 2 is 2.06 bits per heavy atom. The molecule has 4 heteroatoms. The molecule has 0 amide bonds. The molecule has 0 atom stereocenters. The first-order valence-electron chi connectivity index (χ1n) is 4.92. The number of carbonyl (C=O) groups excluding carboxylic acids is 1. The van der Waals surface area contributed by atoms with Gasteiger partial charge in [-0.05, 0) is 18.6 Å². The fourth-order valence-electron chi connectivity index (χ4n) is 2.01. The number of benzene rings is 1. The van der Waals surface area contributed by atoms with E-state index < -0.39 is 5.63 Å². The number of esters is 1. The number of fused-ring (bicyclic) bond motifs is 3. The van der Waals surface area contributed by atoms with Gasteiger partial charge in [-0.15, -0.1) is 0 Å². The van der Waals surface area contributed by atoms with Crippen LogP contribution in [0.2, 0.25) is 0 Å². The van der Waals surface area contributed by atoms with Crippen molar-refractivity contribution in [3.8, 4) is 5.75 Å². The van der Waals surface area contributed by atoms with Crippen LogP contribution >= 0.6 is 0 Å². The topological polar surface area (TPSA) is 56.5 Å². The minimum Gasteiger partial charge on any atom is -0.425 e. The number of hydrogen-bond donors (Lipinski definition) is 0. The van der Waals surface area contributed by atoms with E-state index >= 15 is 0 Å². The van der Waals surface area contributed by atoms with Crippen LogP contribution in [0.3, 0.4) is 0 Å². The molecule has 0 N–H and O–H groups in total. The number of ether oxygens (including phenoxy) is 1. The third kappa shape index (κ3) is 1.16. The van der Waals surface area contributed by atoms with E-state index in [1.54, 1.807) is 19.1 Å². The van der Waals surface area contributed by atoms with Crippen LogP contribution in [-0.4, -0.2) is 5.97 Å². The van der Waals surface area contributed by atoms with Crippen LogP contribution in [0.5, 0.6) is 5.75 Å². The minimum absolute atomic E-state index is 0.270. The largest absolute Gasteiger partial charge is 0.425 e. The van der Waals surface area contributed by atoms with E-state index in [9.17, 15) is 9.59 Å². The summed E-state index contributed by atoms with van der Waals surface area (Å²) in [7, 11) is 0. The second kappa shape index (κ2) is 2.95. The van der Waals surface area contributed by atoms with E-state index in [1.807, 2.05) is 0 Å². The van der Waals surface area contributed by atoms with Gasteiger partial charge in [0.2, 0.25) is 0 Å². The molecule has 1 aromatic heterocycles. The average Bonchev–Trinajstić information content (AvgIpc) is 2.56. The molecule has 0 radical (unpaired) electrons. The fourth-order valence-corrected chi connectivity index (χ4v) is 2.01. The Morgan fingerprint density at radius 1 is 1.25 bits per heavy atom. The highest BCUT2D eigenvalue weighted by Crippen LogP contribution is 2.35. The third-order valence-corrected chi connectivity index (χ3v) is 2.69. The van der Waals surface area contributed by atoms with Crippen molar-refractivity contribution in [3.05, 3.63) is 39.7 Å². The molecule has 4 nitrogen and oxygen atoms in total. The molecule has 0 aliphatic carbocycles. The molecule has 0 saturated heterocycles. The highest BCUT2D eigenvalue weighted by molar-refractivity contribution is 5.95. The third-order valence-electron chi connectivity index (χ3n) is 2.69. The van der Waals surface area contributed by atoms with Crippen LogP contribution in [-0.2, 0) is 11.2 Å². The number of rotatable bonds is 0. The van der Waals surface area contributed by atoms with Gasteiger partial charge in [0.1, 0.15) is 11.3 Å². The van der Waals surface area contributed by atoms with Gasteiger partial charge in [-0.3, -0.25) is 4.79 Å². The molecule has 0 unspecified atom stereocenters. The van der Waals surface area contributed by atoms with Crippen molar-refractivity contribution in [2.45, 2.75) is 13.3 Å². The van der Waals surface area contributed by atoms with Gasteiger partial charge in [0.05, 0.1) is 11.8 Å². The molecule has 80 valence electrons. The summed E-state index contributed by atoms with van der Waals surface area (Å²) in [5, 5.41) is 0.711. The Morgan fingerprint density at radius 3 is 2.88 bits per heavy atom. The minimum atomic E-state index is -0.394. The molecular weight excluding hydrogens is 208 g/mol. The lowest BCUT2D eigenvalue weighted by Crippen LogP contribution is -2.01. The lowest BCUT2D eigenvalue weighted by atomic mass is 10.1. The lowest BCUT2D eigenvalue weighted by Gasteiger charge is -2.04. The molecule has 16 heavy (non-hydrogen) atoms. The lowest BCUT2D eigenvalue weighted by molar-refractivity contribution is -0.131. The maximum atomic E-state index is 11.2. The van der Waals surface area contributed by atoms with Crippen molar-refractivity contribution in [2.75, 3.05) is 0 Å². The smallest absolute Gasteiger partial charge is 0.336 e. The van der Waals surface area contributed by atoms with Crippen LogP contribution in [0.15, 0.2) is 27.4 Å².